The number of carboxylic acids is 1. The maximum atomic E-state index is 11.5. The summed E-state index contributed by atoms with van der Waals surface area (Å²) >= 11 is 0. The SMILES string of the molecule is CC(C)(CN1CC(C(=O)O)C(C2CC2)C1)N1CCCCC1. The average molecular weight is 294 g/mol. The average Bonchev–Trinajstić information content (AvgIpc) is 3.21. The van der Waals surface area contributed by atoms with Gasteiger partial charge in [-0.3, -0.25) is 9.69 Å². The molecule has 1 N–H and O–H groups in total. The van der Waals surface area contributed by atoms with Crippen LogP contribution in [0.2, 0.25) is 0 Å². The van der Waals surface area contributed by atoms with Crippen molar-refractivity contribution in [1.29, 1.82) is 0 Å². The molecule has 4 heteroatoms. The van der Waals surface area contributed by atoms with Crippen LogP contribution in [0.3, 0.4) is 0 Å². The minimum atomic E-state index is -0.579. The molecule has 0 aromatic rings. The summed E-state index contributed by atoms with van der Waals surface area (Å²) in [7, 11) is 0. The predicted octanol–water partition coefficient (Wildman–Crippen LogP) is 2.29. The molecule has 1 aliphatic carbocycles. The summed E-state index contributed by atoms with van der Waals surface area (Å²) in [5, 5.41) is 9.49. The van der Waals surface area contributed by atoms with Gasteiger partial charge in [-0.05, 0) is 64.5 Å². The van der Waals surface area contributed by atoms with Gasteiger partial charge < -0.3 is 10.0 Å². The number of nitrogens with zero attached hydrogens (tertiary/aromatic N) is 2. The van der Waals surface area contributed by atoms with Gasteiger partial charge in [0.15, 0.2) is 0 Å². The van der Waals surface area contributed by atoms with Crippen LogP contribution < -0.4 is 0 Å². The van der Waals surface area contributed by atoms with Crippen LogP contribution in [0.15, 0.2) is 0 Å². The first-order valence-corrected chi connectivity index (χ1v) is 8.67. The molecule has 2 unspecified atom stereocenters. The smallest absolute Gasteiger partial charge is 0.308 e. The number of rotatable bonds is 5. The molecule has 2 heterocycles. The summed E-state index contributed by atoms with van der Waals surface area (Å²) in [6.45, 7) is 9.84. The van der Waals surface area contributed by atoms with E-state index in [4.69, 9.17) is 0 Å². The Labute approximate surface area is 128 Å². The Hall–Kier alpha value is -0.610. The van der Waals surface area contributed by atoms with Gasteiger partial charge in [-0.1, -0.05) is 6.42 Å². The minimum Gasteiger partial charge on any atom is -0.481 e. The van der Waals surface area contributed by atoms with Crippen LogP contribution in [0.25, 0.3) is 0 Å². The Morgan fingerprint density at radius 3 is 2.38 bits per heavy atom. The van der Waals surface area contributed by atoms with Crippen molar-refractivity contribution in [2.45, 2.75) is 51.5 Å². The molecule has 4 nitrogen and oxygen atoms in total. The quantitative estimate of drug-likeness (QED) is 0.845. The van der Waals surface area contributed by atoms with Gasteiger partial charge in [0.2, 0.25) is 0 Å². The number of aliphatic carboxylic acids is 1. The Morgan fingerprint density at radius 1 is 1.14 bits per heavy atom. The molecule has 3 fully saturated rings. The summed E-state index contributed by atoms with van der Waals surface area (Å²) in [5.74, 6) is 0.383. The number of piperidine rings is 1. The van der Waals surface area contributed by atoms with Gasteiger partial charge in [0, 0.05) is 25.2 Å². The van der Waals surface area contributed by atoms with Crippen LogP contribution in [-0.2, 0) is 4.79 Å². The first-order valence-electron chi connectivity index (χ1n) is 8.67. The van der Waals surface area contributed by atoms with Crippen LogP contribution in [-0.4, -0.2) is 59.1 Å². The largest absolute Gasteiger partial charge is 0.481 e. The molecule has 2 aliphatic heterocycles. The molecule has 0 aromatic carbocycles. The number of likely N-dealkylation sites (tertiary alicyclic amines) is 2. The van der Waals surface area contributed by atoms with E-state index in [1.54, 1.807) is 0 Å². The Morgan fingerprint density at radius 2 is 1.81 bits per heavy atom. The summed E-state index contributed by atoms with van der Waals surface area (Å²) in [5.41, 5.74) is 0.169. The van der Waals surface area contributed by atoms with Crippen LogP contribution in [0.4, 0.5) is 0 Å². The lowest BCUT2D eigenvalue weighted by atomic mass is 9.92. The number of carbonyl (C=O) groups is 1. The van der Waals surface area contributed by atoms with Crippen molar-refractivity contribution in [3.8, 4) is 0 Å². The van der Waals surface area contributed by atoms with Gasteiger partial charge in [-0.15, -0.1) is 0 Å². The van der Waals surface area contributed by atoms with Crippen molar-refractivity contribution in [1.82, 2.24) is 9.80 Å². The molecule has 3 aliphatic rings. The molecule has 0 bridgehead atoms. The van der Waals surface area contributed by atoms with E-state index in [1.807, 2.05) is 0 Å². The normalized spacial score (nSPS) is 32.5. The van der Waals surface area contributed by atoms with E-state index < -0.39 is 5.97 Å². The second kappa shape index (κ2) is 5.88. The lowest BCUT2D eigenvalue weighted by Gasteiger charge is -2.43. The molecule has 120 valence electrons. The third-order valence-electron chi connectivity index (χ3n) is 5.81. The van der Waals surface area contributed by atoms with E-state index in [0.29, 0.717) is 11.8 Å². The van der Waals surface area contributed by atoms with Gasteiger partial charge in [-0.2, -0.15) is 0 Å². The third-order valence-corrected chi connectivity index (χ3v) is 5.81. The molecule has 2 saturated heterocycles. The zero-order valence-electron chi connectivity index (χ0n) is 13.6. The van der Waals surface area contributed by atoms with Crippen molar-refractivity contribution in [2.24, 2.45) is 17.8 Å². The molecule has 0 amide bonds. The highest BCUT2D eigenvalue weighted by atomic mass is 16.4. The highest BCUT2D eigenvalue weighted by Crippen LogP contribution is 2.44. The standard InChI is InChI=1S/C17H30N2O2/c1-17(2,19-8-4-3-5-9-19)12-18-10-14(13-6-7-13)15(11-18)16(20)21/h13-15H,3-12H2,1-2H3,(H,20,21). The molecule has 21 heavy (non-hydrogen) atoms. The number of hydrogen-bond acceptors (Lipinski definition) is 3. The monoisotopic (exact) mass is 294 g/mol. The van der Waals surface area contributed by atoms with Gasteiger partial charge in [0.1, 0.15) is 0 Å². The van der Waals surface area contributed by atoms with Crippen molar-refractivity contribution >= 4 is 5.97 Å². The van der Waals surface area contributed by atoms with E-state index in [1.165, 1.54) is 45.2 Å². The van der Waals surface area contributed by atoms with E-state index in [9.17, 15) is 9.90 Å². The summed E-state index contributed by atoms with van der Waals surface area (Å²) in [6.07, 6.45) is 6.48. The Kier molecular flexibility index (Phi) is 4.28. The van der Waals surface area contributed by atoms with Gasteiger partial charge in [-0.25, -0.2) is 0 Å². The van der Waals surface area contributed by atoms with E-state index in [0.717, 1.165) is 19.6 Å². The second-order valence-electron chi connectivity index (χ2n) is 8.00. The van der Waals surface area contributed by atoms with E-state index in [2.05, 4.69) is 23.6 Å². The maximum Gasteiger partial charge on any atom is 0.308 e. The number of hydrogen-bond donors (Lipinski definition) is 1. The first-order chi connectivity index (χ1) is 9.97. The summed E-state index contributed by atoms with van der Waals surface area (Å²) < 4.78 is 0. The molecular formula is C17H30N2O2. The molecular weight excluding hydrogens is 264 g/mol. The van der Waals surface area contributed by atoms with Crippen LogP contribution >= 0.6 is 0 Å². The molecule has 0 aromatic heterocycles. The summed E-state index contributed by atoms with van der Waals surface area (Å²) in [6, 6.07) is 0. The molecule has 2 atom stereocenters. The van der Waals surface area contributed by atoms with Gasteiger partial charge in [0.05, 0.1) is 5.92 Å². The van der Waals surface area contributed by atoms with Gasteiger partial charge >= 0.3 is 5.97 Å². The molecule has 1 saturated carbocycles. The fraction of sp³-hybridized carbons (Fsp3) is 0.941. The zero-order chi connectivity index (χ0) is 15.0. The van der Waals surface area contributed by atoms with Gasteiger partial charge in [0.25, 0.3) is 0 Å². The molecule has 3 rings (SSSR count). The van der Waals surface area contributed by atoms with E-state index in [-0.39, 0.29) is 11.5 Å². The Balaban J connectivity index is 1.60. The molecule has 0 spiro atoms. The second-order valence-corrected chi connectivity index (χ2v) is 8.00. The van der Waals surface area contributed by atoms with Crippen molar-refractivity contribution in [3.63, 3.8) is 0 Å². The van der Waals surface area contributed by atoms with Crippen molar-refractivity contribution < 1.29 is 9.90 Å². The van der Waals surface area contributed by atoms with Crippen LogP contribution in [0.5, 0.6) is 0 Å². The van der Waals surface area contributed by atoms with Crippen LogP contribution in [0.1, 0.15) is 46.0 Å². The summed E-state index contributed by atoms with van der Waals surface area (Å²) in [4.78, 5) is 16.6. The minimum absolute atomic E-state index is 0.130. The Bertz CT molecular complexity index is 386. The lowest BCUT2D eigenvalue weighted by molar-refractivity contribution is -0.142. The molecule has 0 radical (unpaired) electrons. The maximum absolute atomic E-state index is 11.5. The van der Waals surface area contributed by atoms with E-state index >= 15 is 0 Å². The van der Waals surface area contributed by atoms with Crippen molar-refractivity contribution in [2.75, 3.05) is 32.7 Å². The fourth-order valence-electron chi connectivity index (χ4n) is 4.45. The highest BCUT2D eigenvalue weighted by Gasteiger charge is 2.46. The highest BCUT2D eigenvalue weighted by molar-refractivity contribution is 5.71. The number of carboxylic acid groups (broad SMARTS) is 1. The van der Waals surface area contributed by atoms with Crippen LogP contribution in [0, 0.1) is 17.8 Å². The topological polar surface area (TPSA) is 43.8 Å². The predicted molar refractivity (Wildman–Crippen MR) is 83.3 cm³/mol. The van der Waals surface area contributed by atoms with Crippen molar-refractivity contribution in [3.05, 3.63) is 0 Å². The third kappa shape index (κ3) is 3.42. The lowest BCUT2D eigenvalue weighted by Crippen LogP contribution is -2.53. The fourth-order valence-corrected chi connectivity index (χ4v) is 4.45. The zero-order valence-corrected chi connectivity index (χ0v) is 13.6. The first kappa shape index (κ1) is 15.3.